The van der Waals surface area contributed by atoms with Gasteiger partial charge in [-0.3, -0.25) is 5.41 Å². The predicted octanol–water partition coefficient (Wildman–Crippen LogP) is 0.859. The van der Waals surface area contributed by atoms with Gasteiger partial charge < -0.3 is 10.6 Å². The minimum atomic E-state index is -2.90. The minimum absolute atomic E-state index is 0.0373. The molecule has 3 N–H and O–H groups in total. The van der Waals surface area contributed by atoms with Crippen molar-refractivity contribution in [3.05, 3.63) is 28.8 Å². The fraction of sp³-hybridized carbons (Fsp3) is 0.364. The Morgan fingerprint density at radius 3 is 2.44 bits per heavy atom. The molecule has 1 aliphatic heterocycles. The summed E-state index contributed by atoms with van der Waals surface area (Å²) in [6.45, 7) is 0.892. The van der Waals surface area contributed by atoms with Crippen molar-refractivity contribution in [3.63, 3.8) is 0 Å². The molecule has 0 aromatic heterocycles. The Hall–Kier alpha value is -1.27. The Bertz CT molecular complexity index is 572. The van der Waals surface area contributed by atoms with Crippen molar-refractivity contribution in [1.82, 2.24) is 0 Å². The van der Waals surface area contributed by atoms with Gasteiger partial charge in [0.25, 0.3) is 0 Å². The highest BCUT2D eigenvalue weighted by Gasteiger charge is 2.23. The lowest BCUT2D eigenvalue weighted by Gasteiger charge is -2.29. The van der Waals surface area contributed by atoms with Crippen LogP contribution in [0.1, 0.15) is 5.56 Å². The van der Waals surface area contributed by atoms with E-state index in [2.05, 4.69) is 0 Å². The zero-order valence-corrected chi connectivity index (χ0v) is 11.3. The van der Waals surface area contributed by atoms with Crippen LogP contribution < -0.4 is 10.6 Å². The molecule has 1 aromatic carbocycles. The molecule has 1 fully saturated rings. The molecule has 1 aliphatic rings. The Kier molecular flexibility index (Phi) is 3.49. The highest BCUT2D eigenvalue weighted by atomic mass is 35.5. The van der Waals surface area contributed by atoms with Crippen LogP contribution in [0.5, 0.6) is 0 Å². The third-order valence-electron chi connectivity index (χ3n) is 2.94. The number of amidine groups is 1. The molecule has 0 spiro atoms. The topological polar surface area (TPSA) is 87.2 Å². The third-order valence-corrected chi connectivity index (χ3v) is 4.86. The molecule has 5 nitrogen and oxygen atoms in total. The standard InChI is InChI=1S/C11H14ClN3O2S/c12-9-7-8(11(13)14)1-2-10(9)15-3-5-18(16,17)6-4-15/h1-2,7H,3-6H2,(H3,13,14). The van der Waals surface area contributed by atoms with E-state index in [-0.39, 0.29) is 17.3 Å². The number of nitrogens with two attached hydrogens (primary N) is 1. The maximum Gasteiger partial charge on any atom is 0.153 e. The molecule has 98 valence electrons. The molecular weight excluding hydrogens is 274 g/mol. The monoisotopic (exact) mass is 287 g/mol. The quantitative estimate of drug-likeness (QED) is 0.624. The fourth-order valence-corrected chi connectivity index (χ4v) is 3.39. The van der Waals surface area contributed by atoms with Gasteiger partial charge in [-0.2, -0.15) is 0 Å². The van der Waals surface area contributed by atoms with E-state index < -0.39 is 9.84 Å². The number of hydrogen-bond acceptors (Lipinski definition) is 4. The van der Waals surface area contributed by atoms with Crippen LogP contribution in [0.4, 0.5) is 5.69 Å². The molecule has 7 heteroatoms. The number of hydrogen-bond donors (Lipinski definition) is 2. The van der Waals surface area contributed by atoms with Crippen LogP contribution in [0.3, 0.4) is 0 Å². The van der Waals surface area contributed by atoms with Crippen LogP contribution in [0, 0.1) is 5.41 Å². The van der Waals surface area contributed by atoms with Crippen molar-refractivity contribution in [1.29, 1.82) is 5.41 Å². The van der Waals surface area contributed by atoms with Crippen molar-refractivity contribution >= 4 is 33.0 Å². The Balaban J connectivity index is 2.22. The van der Waals surface area contributed by atoms with Crippen molar-refractivity contribution in [2.75, 3.05) is 29.5 Å². The first kappa shape index (κ1) is 13.2. The summed E-state index contributed by atoms with van der Waals surface area (Å²) in [6.07, 6.45) is 0. The van der Waals surface area contributed by atoms with Crippen LogP contribution in [-0.4, -0.2) is 38.8 Å². The SMILES string of the molecule is N=C(N)c1ccc(N2CCS(=O)(=O)CC2)c(Cl)c1. The molecule has 0 atom stereocenters. The summed E-state index contributed by atoms with van der Waals surface area (Å²) < 4.78 is 22.7. The molecule has 1 saturated heterocycles. The molecule has 0 unspecified atom stereocenters. The second-order valence-electron chi connectivity index (χ2n) is 4.22. The first-order valence-electron chi connectivity index (χ1n) is 5.48. The maximum absolute atomic E-state index is 11.4. The second-order valence-corrected chi connectivity index (χ2v) is 6.93. The van der Waals surface area contributed by atoms with Gasteiger partial charge >= 0.3 is 0 Å². The first-order chi connectivity index (χ1) is 8.39. The van der Waals surface area contributed by atoms with Gasteiger partial charge in [0.2, 0.25) is 0 Å². The molecule has 0 aliphatic carbocycles. The van der Waals surface area contributed by atoms with Crippen molar-refractivity contribution in [2.24, 2.45) is 5.73 Å². The van der Waals surface area contributed by atoms with Crippen molar-refractivity contribution < 1.29 is 8.42 Å². The number of sulfone groups is 1. The van der Waals surface area contributed by atoms with Crippen LogP contribution in [0.2, 0.25) is 5.02 Å². The van der Waals surface area contributed by atoms with E-state index in [4.69, 9.17) is 22.7 Å². The highest BCUT2D eigenvalue weighted by Crippen LogP contribution is 2.28. The van der Waals surface area contributed by atoms with E-state index in [0.717, 1.165) is 5.69 Å². The lowest BCUT2D eigenvalue weighted by molar-refractivity contribution is 0.587. The minimum Gasteiger partial charge on any atom is -0.384 e. The van der Waals surface area contributed by atoms with Gasteiger partial charge in [0.1, 0.15) is 5.84 Å². The number of halogens is 1. The summed E-state index contributed by atoms with van der Waals surface area (Å²) in [7, 11) is -2.90. The Morgan fingerprint density at radius 1 is 1.33 bits per heavy atom. The molecule has 0 amide bonds. The van der Waals surface area contributed by atoms with Gasteiger partial charge in [0, 0.05) is 18.7 Å². The first-order valence-corrected chi connectivity index (χ1v) is 7.68. The third kappa shape index (κ3) is 2.76. The van der Waals surface area contributed by atoms with E-state index in [0.29, 0.717) is 23.7 Å². The van der Waals surface area contributed by atoms with Gasteiger partial charge in [-0.05, 0) is 18.2 Å². The summed E-state index contributed by atoms with van der Waals surface area (Å²) in [5.41, 5.74) is 6.73. The average Bonchev–Trinajstić information content (AvgIpc) is 2.29. The normalized spacial score (nSPS) is 18.6. The number of nitrogen functional groups attached to an aromatic ring is 1. The largest absolute Gasteiger partial charge is 0.384 e. The molecule has 18 heavy (non-hydrogen) atoms. The van der Waals surface area contributed by atoms with Gasteiger partial charge in [0.15, 0.2) is 9.84 Å². The number of nitrogens with zero attached hydrogens (tertiary/aromatic N) is 1. The zero-order valence-electron chi connectivity index (χ0n) is 9.69. The van der Waals surface area contributed by atoms with Gasteiger partial charge in [-0.15, -0.1) is 0 Å². The van der Waals surface area contributed by atoms with Crippen LogP contribution >= 0.6 is 11.6 Å². The van der Waals surface area contributed by atoms with E-state index in [1.165, 1.54) is 0 Å². The molecule has 0 bridgehead atoms. The van der Waals surface area contributed by atoms with Crippen molar-refractivity contribution in [3.8, 4) is 0 Å². The van der Waals surface area contributed by atoms with Crippen LogP contribution in [0.15, 0.2) is 18.2 Å². The summed E-state index contributed by atoms with van der Waals surface area (Å²) in [5, 5.41) is 7.81. The average molecular weight is 288 g/mol. The molecule has 1 aromatic rings. The Morgan fingerprint density at radius 2 is 1.94 bits per heavy atom. The summed E-state index contributed by atoms with van der Waals surface area (Å²) in [6, 6.07) is 5.12. The highest BCUT2D eigenvalue weighted by molar-refractivity contribution is 7.91. The molecule has 2 rings (SSSR count). The molecule has 1 heterocycles. The van der Waals surface area contributed by atoms with E-state index in [1.807, 2.05) is 4.90 Å². The van der Waals surface area contributed by atoms with E-state index >= 15 is 0 Å². The predicted molar refractivity (Wildman–Crippen MR) is 73.3 cm³/mol. The molecule has 0 saturated carbocycles. The number of anilines is 1. The van der Waals surface area contributed by atoms with Crippen molar-refractivity contribution in [2.45, 2.75) is 0 Å². The van der Waals surface area contributed by atoms with Gasteiger partial charge in [-0.25, -0.2) is 8.42 Å². The summed E-state index contributed by atoms with van der Waals surface area (Å²) in [5.74, 6) is 0.264. The fourth-order valence-electron chi connectivity index (χ4n) is 1.88. The number of benzene rings is 1. The molecular formula is C11H14ClN3O2S. The lowest BCUT2D eigenvalue weighted by atomic mass is 10.2. The van der Waals surface area contributed by atoms with Gasteiger partial charge in [0.05, 0.1) is 22.2 Å². The summed E-state index contributed by atoms with van der Waals surface area (Å²) in [4.78, 5) is 1.94. The Labute approximate surface area is 111 Å². The smallest absolute Gasteiger partial charge is 0.153 e. The van der Waals surface area contributed by atoms with Crippen LogP contribution in [-0.2, 0) is 9.84 Å². The van der Waals surface area contributed by atoms with Gasteiger partial charge in [-0.1, -0.05) is 11.6 Å². The zero-order chi connectivity index (χ0) is 13.3. The van der Waals surface area contributed by atoms with E-state index in [1.54, 1.807) is 18.2 Å². The number of nitrogens with one attached hydrogen (secondary N) is 1. The van der Waals surface area contributed by atoms with Crippen LogP contribution in [0.25, 0.3) is 0 Å². The second kappa shape index (κ2) is 4.78. The summed E-state index contributed by atoms with van der Waals surface area (Å²) >= 11 is 6.13. The number of rotatable bonds is 2. The van der Waals surface area contributed by atoms with E-state index in [9.17, 15) is 8.42 Å². The maximum atomic E-state index is 11.4. The lowest BCUT2D eigenvalue weighted by Crippen LogP contribution is -2.40. The molecule has 0 radical (unpaired) electrons.